The average Bonchev–Trinajstić information content (AvgIpc) is 3.13. The molecule has 2 atom stereocenters. The van der Waals surface area contributed by atoms with E-state index in [0.29, 0.717) is 24.1 Å². The number of hydrogen-bond acceptors (Lipinski definition) is 6. The van der Waals surface area contributed by atoms with Gasteiger partial charge in [-0.1, -0.05) is 170 Å². The first-order valence-corrected chi connectivity index (χ1v) is 23.2. The van der Waals surface area contributed by atoms with Gasteiger partial charge in [0.15, 0.2) is 0 Å². The second-order valence-electron chi connectivity index (χ2n) is 15.3. The molecule has 0 amide bonds. The molecule has 0 aliphatic rings. The van der Waals surface area contributed by atoms with E-state index >= 15 is 0 Å². The van der Waals surface area contributed by atoms with Crippen molar-refractivity contribution >= 4 is 13.8 Å². The monoisotopic (exact) mass is 793 g/mol. The lowest BCUT2D eigenvalue weighted by Gasteiger charge is -2.24. The first-order chi connectivity index (χ1) is 26.6. The van der Waals surface area contributed by atoms with E-state index in [-0.39, 0.29) is 26.2 Å². The molecule has 1 N–H and O–H groups in total. The van der Waals surface area contributed by atoms with E-state index in [9.17, 15) is 14.3 Å². The third-order valence-electron chi connectivity index (χ3n) is 8.80. The van der Waals surface area contributed by atoms with Crippen molar-refractivity contribution in [3.8, 4) is 0 Å². The number of nitrogens with zero attached hydrogens (tertiary/aromatic N) is 1. The molecule has 0 bridgehead atoms. The van der Waals surface area contributed by atoms with Crippen LogP contribution in [-0.4, -0.2) is 75.6 Å². The number of carbonyl (C=O) groups is 1. The Morgan fingerprint density at radius 2 is 1.02 bits per heavy atom. The Morgan fingerprint density at radius 3 is 1.47 bits per heavy atom. The highest BCUT2D eigenvalue weighted by Gasteiger charge is 2.26. The maximum absolute atomic E-state index is 12.7. The summed E-state index contributed by atoms with van der Waals surface area (Å²) in [4.78, 5) is 22.8. The van der Waals surface area contributed by atoms with Gasteiger partial charge < -0.3 is 18.9 Å². The van der Waals surface area contributed by atoms with Gasteiger partial charge in [0, 0.05) is 13.0 Å². The molecule has 9 heteroatoms. The van der Waals surface area contributed by atoms with Crippen molar-refractivity contribution < 1.29 is 37.3 Å². The predicted octanol–water partition coefficient (Wildman–Crippen LogP) is 12.7. The summed E-state index contributed by atoms with van der Waals surface area (Å²) in [5.41, 5.74) is 0. The third kappa shape index (κ3) is 42.9. The molecule has 1 unspecified atom stereocenters. The Hall–Kier alpha value is -2.06. The molecule has 0 heterocycles. The maximum atomic E-state index is 12.7. The Morgan fingerprint density at radius 1 is 0.582 bits per heavy atom. The molecule has 0 aromatic rings. The van der Waals surface area contributed by atoms with Crippen LogP contribution in [0.1, 0.15) is 155 Å². The second-order valence-corrected chi connectivity index (χ2v) is 16.8. The Labute approximate surface area is 338 Å². The van der Waals surface area contributed by atoms with Crippen molar-refractivity contribution in [2.75, 3.05) is 54.1 Å². The fourth-order valence-corrected chi connectivity index (χ4v) is 6.20. The van der Waals surface area contributed by atoms with Gasteiger partial charge in [-0.3, -0.25) is 13.8 Å². The minimum absolute atomic E-state index is 0.0727. The highest BCUT2D eigenvalue weighted by Crippen LogP contribution is 2.43. The number of carbonyl (C=O) groups excluding carboxylic acids is 1. The molecule has 318 valence electrons. The summed E-state index contributed by atoms with van der Waals surface area (Å²) in [7, 11) is 1.61. The highest BCUT2D eigenvalue weighted by molar-refractivity contribution is 7.47. The molecule has 0 aromatic heterocycles. The van der Waals surface area contributed by atoms with Crippen LogP contribution in [-0.2, 0) is 27.9 Å². The average molecular weight is 793 g/mol. The molecule has 55 heavy (non-hydrogen) atoms. The van der Waals surface area contributed by atoms with Crippen LogP contribution >= 0.6 is 7.82 Å². The van der Waals surface area contributed by atoms with E-state index in [2.05, 4.69) is 74.6 Å². The van der Waals surface area contributed by atoms with Crippen molar-refractivity contribution in [1.29, 1.82) is 0 Å². The normalized spacial score (nSPS) is 14.5. The summed E-state index contributed by atoms with van der Waals surface area (Å²) in [5.74, 6) is -0.396. The summed E-state index contributed by atoms with van der Waals surface area (Å²) in [6, 6.07) is 0. The van der Waals surface area contributed by atoms with Crippen molar-refractivity contribution in [3.05, 3.63) is 72.9 Å². The first kappa shape index (κ1) is 52.9. The number of quaternary nitrogens is 1. The third-order valence-corrected chi connectivity index (χ3v) is 9.78. The van der Waals surface area contributed by atoms with Gasteiger partial charge >= 0.3 is 13.8 Å². The number of phosphoric ester groups is 1. The van der Waals surface area contributed by atoms with Crippen LogP contribution in [0.3, 0.4) is 0 Å². The Balaban J connectivity index is 4.39. The van der Waals surface area contributed by atoms with Crippen molar-refractivity contribution in [3.63, 3.8) is 0 Å². The quantitative estimate of drug-likeness (QED) is 0.0218. The molecule has 8 nitrogen and oxygen atoms in total. The van der Waals surface area contributed by atoms with Crippen molar-refractivity contribution in [1.82, 2.24) is 0 Å². The molecule has 0 rings (SSSR count). The fraction of sp³-hybridized carbons (Fsp3) is 0.717. The number of likely N-dealkylation sites (N-methyl/N-ethyl adjacent to an activating group) is 1. The van der Waals surface area contributed by atoms with Gasteiger partial charge in [-0.25, -0.2) is 4.57 Å². The molecule has 0 aromatic carbocycles. The lowest BCUT2D eigenvalue weighted by Crippen LogP contribution is -2.37. The van der Waals surface area contributed by atoms with E-state index in [0.717, 1.165) is 51.4 Å². The topological polar surface area (TPSA) is 91.3 Å². The number of ether oxygens (including phenoxy) is 2. The zero-order valence-corrected chi connectivity index (χ0v) is 36.8. The van der Waals surface area contributed by atoms with E-state index < -0.39 is 19.9 Å². The van der Waals surface area contributed by atoms with E-state index in [1.807, 2.05) is 33.3 Å². The molecule has 0 aliphatic heterocycles. The summed E-state index contributed by atoms with van der Waals surface area (Å²) >= 11 is 0. The van der Waals surface area contributed by atoms with E-state index in [4.69, 9.17) is 18.5 Å². The van der Waals surface area contributed by atoms with Crippen LogP contribution in [0, 0.1) is 0 Å². The molecule has 0 saturated heterocycles. The summed E-state index contributed by atoms with van der Waals surface area (Å²) in [6.45, 7) is 5.40. The second kappa shape index (κ2) is 38.8. The van der Waals surface area contributed by atoms with Crippen molar-refractivity contribution in [2.24, 2.45) is 0 Å². The fourth-order valence-electron chi connectivity index (χ4n) is 5.46. The number of unbranched alkanes of at least 4 members (excludes halogenated alkanes) is 13. The summed E-state index contributed by atoms with van der Waals surface area (Å²) in [6.07, 6.45) is 49.5. The number of rotatable bonds is 39. The highest BCUT2D eigenvalue weighted by atomic mass is 31.2. The lowest BCUT2D eigenvalue weighted by molar-refractivity contribution is -0.870. The number of phosphoric acid groups is 1. The van der Waals surface area contributed by atoms with Crippen molar-refractivity contribution in [2.45, 2.75) is 161 Å². The Bertz CT molecular complexity index is 1110. The van der Waals surface area contributed by atoms with Crippen LogP contribution in [0.4, 0.5) is 0 Å². The standard InChI is InChI=1S/C46H82NO7P/c1-6-8-10-12-14-16-18-20-22-23-24-25-26-27-29-31-33-35-37-39-46(48)54-45(44-53-55(49,50)52-42-40-47(3,4)5)43-51-41-38-36-34-32-30-28-21-19-17-15-13-11-9-7-2/h8,10,14,16,20,22,24-25,27,29,33,35,45H,6-7,9,11-13,15,17-19,21,23,26,28,30-32,34,36-44H2,1-5H3/p+1/t45-/m1/s1. The molecule has 0 spiro atoms. The zero-order valence-electron chi connectivity index (χ0n) is 35.9. The van der Waals surface area contributed by atoms with Gasteiger partial charge in [-0.15, -0.1) is 0 Å². The van der Waals surface area contributed by atoms with Gasteiger partial charge in [0.05, 0.1) is 34.4 Å². The molecule has 0 aliphatic carbocycles. The van der Waals surface area contributed by atoms with Crippen LogP contribution in [0.2, 0.25) is 0 Å². The van der Waals surface area contributed by atoms with Crippen LogP contribution in [0.25, 0.3) is 0 Å². The minimum atomic E-state index is -4.30. The zero-order chi connectivity index (χ0) is 40.6. The van der Waals surface area contributed by atoms with Crippen LogP contribution in [0.5, 0.6) is 0 Å². The molecular weight excluding hydrogens is 709 g/mol. The van der Waals surface area contributed by atoms with Gasteiger partial charge in [-0.2, -0.15) is 0 Å². The van der Waals surface area contributed by atoms with Crippen LogP contribution < -0.4 is 0 Å². The molecule has 0 saturated carbocycles. The van der Waals surface area contributed by atoms with Gasteiger partial charge in [-0.05, 0) is 51.4 Å². The molecular formula is C46H83NO7P+. The van der Waals surface area contributed by atoms with Gasteiger partial charge in [0.25, 0.3) is 0 Å². The predicted molar refractivity (Wildman–Crippen MR) is 233 cm³/mol. The minimum Gasteiger partial charge on any atom is -0.457 e. The van der Waals surface area contributed by atoms with E-state index in [1.54, 1.807) is 0 Å². The smallest absolute Gasteiger partial charge is 0.457 e. The number of hydrogen-bond donors (Lipinski definition) is 1. The van der Waals surface area contributed by atoms with E-state index in [1.165, 1.54) is 77.0 Å². The van der Waals surface area contributed by atoms with Gasteiger partial charge in [0.2, 0.25) is 0 Å². The summed E-state index contributed by atoms with van der Waals surface area (Å²) < 4.78 is 34.9. The Kier molecular flexibility index (Phi) is 37.3. The number of esters is 1. The molecule has 0 radical (unpaired) electrons. The summed E-state index contributed by atoms with van der Waals surface area (Å²) in [5, 5.41) is 0. The largest absolute Gasteiger partial charge is 0.472 e. The van der Waals surface area contributed by atoms with Crippen LogP contribution in [0.15, 0.2) is 72.9 Å². The van der Waals surface area contributed by atoms with Gasteiger partial charge in [0.1, 0.15) is 19.3 Å². The SMILES string of the molecule is CCC=CCC=CCC=CCC=CCC=CCC=CCCC(=O)O[C@H](COCCCCCCCCCCCCCCCC)COP(=O)(O)OCC[N+](C)(C)C. The molecule has 0 fully saturated rings. The number of allylic oxidation sites excluding steroid dienone is 12. The maximum Gasteiger partial charge on any atom is 0.472 e. The lowest BCUT2D eigenvalue weighted by atomic mass is 10.0. The first-order valence-electron chi connectivity index (χ1n) is 21.7.